The number of ether oxygens (including phenoxy) is 1. The van der Waals surface area contributed by atoms with Crippen molar-refractivity contribution >= 4 is 28.5 Å². The standard InChI is InChI=1S/C12H11N5O2S/c1-19-9-10(18)14-5-15-11(9)20-12-16-7-3-2-6(13)4-8(7)17-12/h2-5H,13H2,1H3,(H,16,17)(H,14,15,18). The maximum Gasteiger partial charge on any atom is 0.294 e. The van der Waals surface area contributed by atoms with Gasteiger partial charge in [-0.1, -0.05) is 0 Å². The Morgan fingerprint density at radius 3 is 3.05 bits per heavy atom. The lowest BCUT2D eigenvalue weighted by molar-refractivity contribution is 0.393. The molecule has 0 atom stereocenters. The van der Waals surface area contributed by atoms with Gasteiger partial charge in [-0.15, -0.1) is 0 Å². The highest BCUT2D eigenvalue weighted by Gasteiger charge is 2.13. The molecule has 7 nitrogen and oxygen atoms in total. The van der Waals surface area contributed by atoms with E-state index in [-0.39, 0.29) is 11.3 Å². The van der Waals surface area contributed by atoms with Crippen LogP contribution in [0.15, 0.2) is 39.5 Å². The van der Waals surface area contributed by atoms with Crippen LogP contribution in [0.1, 0.15) is 0 Å². The van der Waals surface area contributed by atoms with Crippen molar-refractivity contribution < 1.29 is 4.74 Å². The highest BCUT2D eigenvalue weighted by molar-refractivity contribution is 7.99. The van der Waals surface area contributed by atoms with Crippen LogP contribution in [0.25, 0.3) is 11.0 Å². The number of nitrogens with one attached hydrogen (secondary N) is 2. The van der Waals surface area contributed by atoms with Crippen LogP contribution >= 0.6 is 11.8 Å². The van der Waals surface area contributed by atoms with Gasteiger partial charge in [0.05, 0.1) is 24.5 Å². The molecule has 0 radical (unpaired) electrons. The zero-order chi connectivity index (χ0) is 14.1. The second-order valence-electron chi connectivity index (χ2n) is 3.99. The number of nitrogen functional groups attached to an aromatic ring is 1. The first-order valence-electron chi connectivity index (χ1n) is 5.72. The largest absolute Gasteiger partial charge is 0.489 e. The number of nitrogens with two attached hydrogens (primary N) is 1. The summed E-state index contributed by atoms with van der Waals surface area (Å²) in [5.41, 5.74) is 7.67. The quantitative estimate of drug-likeness (QED) is 0.496. The SMILES string of the molecule is COc1c(Sc2nc3ccc(N)cc3[nH]2)nc[nH]c1=O. The van der Waals surface area contributed by atoms with Crippen molar-refractivity contribution in [1.29, 1.82) is 0 Å². The first kappa shape index (κ1) is 12.5. The zero-order valence-corrected chi connectivity index (χ0v) is 11.3. The summed E-state index contributed by atoms with van der Waals surface area (Å²) >= 11 is 1.22. The Hall–Kier alpha value is -2.48. The van der Waals surface area contributed by atoms with Crippen molar-refractivity contribution in [1.82, 2.24) is 19.9 Å². The van der Waals surface area contributed by atoms with Crippen molar-refractivity contribution in [2.24, 2.45) is 0 Å². The lowest BCUT2D eigenvalue weighted by Crippen LogP contribution is -2.10. The van der Waals surface area contributed by atoms with Crippen LogP contribution in [0.2, 0.25) is 0 Å². The van der Waals surface area contributed by atoms with Gasteiger partial charge in [-0.05, 0) is 30.0 Å². The molecule has 1 aromatic carbocycles. The topological polar surface area (TPSA) is 110 Å². The van der Waals surface area contributed by atoms with Gasteiger partial charge in [-0.25, -0.2) is 9.97 Å². The molecule has 0 aliphatic heterocycles. The predicted octanol–water partition coefficient (Wildman–Crippen LogP) is 1.39. The molecule has 2 aromatic heterocycles. The van der Waals surface area contributed by atoms with Crippen LogP contribution in [-0.4, -0.2) is 27.0 Å². The van der Waals surface area contributed by atoms with E-state index in [2.05, 4.69) is 19.9 Å². The number of H-pyrrole nitrogens is 2. The number of benzene rings is 1. The molecule has 3 rings (SSSR count). The molecule has 0 aliphatic carbocycles. The molecule has 0 aliphatic rings. The van der Waals surface area contributed by atoms with Crippen molar-refractivity contribution in [2.45, 2.75) is 10.2 Å². The van der Waals surface area contributed by atoms with E-state index in [1.54, 1.807) is 12.1 Å². The Balaban J connectivity index is 2.01. The van der Waals surface area contributed by atoms with E-state index in [4.69, 9.17) is 10.5 Å². The average Bonchev–Trinajstić information content (AvgIpc) is 2.80. The van der Waals surface area contributed by atoms with Crippen molar-refractivity contribution in [3.63, 3.8) is 0 Å². The monoisotopic (exact) mass is 289 g/mol. The molecular formula is C12H11N5O2S. The van der Waals surface area contributed by atoms with Gasteiger partial charge in [-0.3, -0.25) is 4.79 Å². The highest BCUT2D eigenvalue weighted by atomic mass is 32.2. The van der Waals surface area contributed by atoms with Crippen molar-refractivity contribution in [3.8, 4) is 5.75 Å². The summed E-state index contributed by atoms with van der Waals surface area (Å²) in [5, 5.41) is 1.06. The maximum atomic E-state index is 11.6. The van der Waals surface area contributed by atoms with Crippen LogP contribution in [0.4, 0.5) is 5.69 Å². The summed E-state index contributed by atoms with van der Waals surface area (Å²) in [5.74, 6) is 0.164. The van der Waals surface area contributed by atoms with Gasteiger partial charge in [0.2, 0.25) is 5.75 Å². The van der Waals surface area contributed by atoms with Gasteiger partial charge < -0.3 is 20.4 Å². The molecule has 20 heavy (non-hydrogen) atoms. The molecule has 3 aromatic rings. The molecule has 0 bridgehead atoms. The number of anilines is 1. The van der Waals surface area contributed by atoms with Gasteiger partial charge >= 0.3 is 0 Å². The Bertz CT molecular complexity index is 826. The number of methoxy groups -OCH3 is 1. The summed E-state index contributed by atoms with van der Waals surface area (Å²) in [4.78, 5) is 25.7. The van der Waals surface area contributed by atoms with E-state index in [9.17, 15) is 4.79 Å². The van der Waals surface area contributed by atoms with E-state index in [0.29, 0.717) is 15.9 Å². The molecule has 0 fully saturated rings. The Kier molecular flexibility index (Phi) is 3.07. The van der Waals surface area contributed by atoms with Crippen LogP contribution in [0.3, 0.4) is 0 Å². The minimum Gasteiger partial charge on any atom is -0.489 e. The normalized spacial score (nSPS) is 10.8. The van der Waals surface area contributed by atoms with Crippen LogP contribution in [-0.2, 0) is 0 Å². The fraction of sp³-hybridized carbons (Fsp3) is 0.0833. The molecule has 0 spiro atoms. The summed E-state index contributed by atoms with van der Waals surface area (Å²) in [6.45, 7) is 0. The van der Waals surface area contributed by atoms with E-state index < -0.39 is 0 Å². The minimum absolute atomic E-state index is 0.164. The molecular weight excluding hydrogens is 278 g/mol. The average molecular weight is 289 g/mol. The fourth-order valence-corrected chi connectivity index (χ4v) is 2.63. The number of hydrogen-bond donors (Lipinski definition) is 3. The molecule has 0 saturated heterocycles. The lowest BCUT2D eigenvalue weighted by Gasteiger charge is -2.02. The van der Waals surface area contributed by atoms with Crippen LogP contribution < -0.4 is 16.0 Å². The second kappa shape index (κ2) is 4.89. The molecule has 102 valence electrons. The van der Waals surface area contributed by atoms with E-state index >= 15 is 0 Å². The maximum absolute atomic E-state index is 11.6. The summed E-state index contributed by atoms with van der Waals surface area (Å²) < 4.78 is 5.05. The smallest absolute Gasteiger partial charge is 0.294 e. The van der Waals surface area contributed by atoms with Gasteiger partial charge in [0.25, 0.3) is 5.56 Å². The molecule has 8 heteroatoms. The van der Waals surface area contributed by atoms with Gasteiger partial charge in [0.15, 0.2) is 10.2 Å². The third-order valence-electron chi connectivity index (χ3n) is 2.66. The minimum atomic E-state index is -0.328. The first-order chi connectivity index (χ1) is 9.67. The number of fused-ring (bicyclic) bond motifs is 1. The van der Waals surface area contributed by atoms with E-state index in [0.717, 1.165) is 11.0 Å². The number of imidazole rings is 1. The highest BCUT2D eigenvalue weighted by Crippen LogP contribution is 2.30. The Labute approximate surface area is 117 Å². The third kappa shape index (κ3) is 2.21. The van der Waals surface area contributed by atoms with Crippen molar-refractivity contribution in [2.75, 3.05) is 12.8 Å². The van der Waals surface area contributed by atoms with Crippen LogP contribution in [0.5, 0.6) is 5.75 Å². The molecule has 0 amide bonds. The molecule has 0 unspecified atom stereocenters. The van der Waals surface area contributed by atoms with E-state index in [1.165, 1.54) is 25.2 Å². The molecule has 2 heterocycles. The third-order valence-corrected chi connectivity index (χ3v) is 3.53. The number of nitrogens with zero attached hydrogens (tertiary/aromatic N) is 2. The summed E-state index contributed by atoms with van der Waals surface area (Å²) in [6, 6.07) is 5.41. The van der Waals surface area contributed by atoms with E-state index in [1.807, 2.05) is 6.07 Å². The van der Waals surface area contributed by atoms with Gasteiger partial charge in [0, 0.05) is 5.69 Å². The van der Waals surface area contributed by atoms with Gasteiger partial charge in [0.1, 0.15) is 0 Å². The number of aromatic amines is 2. The summed E-state index contributed by atoms with van der Waals surface area (Å²) in [6.07, 6.45) is 1.33. The predicted molar refractivity (Wildman–Crippen MR) is 76.0 cm³/mol. The Morgan fingerprint density at radius 2 is 2.25 bits per heavy atom. The number of hydrogen-bond acceptors (Lipinski definition) is 6. The fourth-order valence-electron chi connectivity index (χ4n) is 1.77. The van der Waals surface area contributed by atoms with Crippen molar-refractivity contribution in [3.05, 3.63) is 34.9 Å². The lowest BCUT2D eigenvalue weighted by atomic mass is 10.3. The Morgan fingerprint density at radius 1 is 1.40 bits per heavy atom. The second-order valence-corrected chi connectivity index (χ2v) is 4.97. The summed E-state index contributed by atoms with van der Waals surface area (Å²) in [7, 11) is 1.43. The molecule has 0 saturated carbocycles. The van der Waals surface area contributed by atoms with Crippen LogP contribution in [0, 0.1) is 0 Å². The first-order valence-corrected chi connectivity index (χ1v) is 6.54. The molecule has 4 N–H and O–H groups in total. The van der Waals surface area contributed by atoms with Gasteiger partial charge in [-0.2, -0.15) is 0 Å². The zero-order valence-electron chi connectivity index (χ0n) is 10.5. The number of rotatable bonds is 3. The number of aromatic nitrogens is 4.